The Morgan fingerprint density at radius 3 is 2.44 bits per heavy atom. The maximum Gasteiger partial charge on any atom is 0.237 e. The van der Waals surface area contributed by atoms with E-state index in [2.05, 4.69) is 41.5 Å². The van der Waals surface area contributed by atoms with Gasteiger partial charge in [0, 0.05) is 5.56 Å². The summed E-state index contributed by atoms with van der Waals surface area (Å²) in [5.74, 6) is -0.143. The number of thiazole rings is 1. The average Bonchev–Trinajstić information content (AvgIpc) is 3.05. The topological polar surface area (TPSA) is 68.0 Å². The number of hydrogen-bond donors (Lipinski definition) is 2. The van der Waals surface area contributed by atoms with E-state index in [0.29, 0.717) is 6.42 Å². The molecular weight excluding hydrogens is 354 g/mol. The van der Waals surface area contributed by atoms with Crippen LogP contribution >= 0.6 is 11.3 Å². The minimum Gasteiger partial charge on any atom is -0.347 e. The molecule has 0 bridgehead atoms. The lowest BCUT2D eigenvalue weighted by Gasteiger charge is -2.17. The van der Waals surface area contributed by atoms with Crippen LogP contribution in [0.1, 0.15) is 34.7 Å². The molecule has 5 heteroatoms. The van der Waals surface area contributed by atoms with Gasteiger partial charge in [-0.25, -0.2) is 4.98 Å². The first-order chi connectivity index (χ1) is 12.9. The van der Waals surface area contributed by atoms with Crippen molar-refractivity contribution in [3.63, 3.8) is 0 Å². The van der Waals surface area contributed by atoms with E-state index in [1.807, 2.05) is 44.2 Å². The third-order valence-corrected chi connectivity index (χ3v) is 5.91. The summed E-state index contributed by atoms with van der Waals surface area (Å²) in [6.45, 7) is 6.03. The normalized spacial score (nSPS) is 13.2. The van der Waals surface area contributed by atoms with Crippen LogP contribution in [0.25, 0.3) is 10.6 Å². The summed E-state index contributed by atoms with van der Waals surface area (Å²) in [7, 11) is 0. The first-order valence-corrected chi connectivity index (χ1v) is 9.90. The summed E-state index contributed by atoms with van der Waals surface area (Å²) in [6.07, 6.45) is 0.523. The van der Waals surface area contributed by atoms with Crippen LogP contribution in [0.15, 0.2) is 54.6 Å². The Morgan fingerprint density at radius 1 is 1.11 bits per heavy atom. The van der Waals surface area contributed by atoms with E-state index in [0.717, 1.165) is 26.7 Å². The van der Waals surface area contributed by atoms with Gasteiger partial charge in [0.25, 0.3) is 0 Å². The molecule has 0 saturated carbocycles. The van der Waals surface area contributed by atoms with E-state index < -0.39 is 6.04 Å². The second kappa shape index (κ2) is 8.46. The molecule has 0 saturated heterocycles. The van der Waals surface area contributed by atoms with Crippen LogP contribution in [-0.2, 0) is 11.2 Å². The zero-order valence-corrected chi connectivity index (χ0v) is 16.7. The molecule has 27 heavy (non-hydrogen) atoms. The summed E-state index contributed by atoms with van der Waals surface area (Å²) in [6, 6.07) is 17.5. The number of aryl methyl sites for hydroxylation is 2. The van der Waals surface area contributed by atoms with Crippen molar-refractivity contribution in [3.05, 3.63) is 76.3 Å². The van der Waals surface area contributed by atoms with Crippen LogP contribution in [-0.4, -0.2) is 16.9 Å². The number of nitrogens with one attached hydrogen (secondary N) is 1. The highest BCUT2D eigenvalue weighted by Crippen LogP contribution is 2.31. The Balaban J connectivity index is 1.67. The largest absolute Gasteiger partial charge is 0.347 e. The van der Waals surface area contributed by atoms with Gasteiger partial charge < -0.3 is 11.1 Å². The zero-order chi connectivity index (χ0) is 19.4. The summed E-state index contributed by atoms with van der Waals surface area (Å²) in [4.78, 5) is 18.3. The van der Waals surface area contributed by atoms with Gasteiger partial charge in [0.15, 0.2) is 0 Å². The van der Waals surface area contributed by atoms with Crippen molar-refractivity contribution in [2.75, 3.05) is 0 Å². The molecule has 1 heterocycles. The van der Waals surface area contributed by atoms with E-state index in [1.54, 1.807) is 11.3 Å². The Labute approximate surface area is 164 Å². The Morgan fingerprint density at radius 2 is 1.78 bits per heavy atom. The number of benzene rings is 2. The molecule has 0 aliphatic rings. The summed E-state index contributed by atoms with van der Waals surface area (Å²) in [5, 5.41) is 4.01. The van der Waals surface area contributed by atoms with Crippen LogP contribution < -0.4 is 11.1 Å². The molecule has 2 aromatic carbocycles. The van der Waals surface area contributed by atoms with Crippen molar-refractivity contribution in [1.82, 2.24) is 10.3 Å². The fraction of sp³-hybridized carbons (Fsp3) is 0.273. The average molecular weight is 380 g/mol. The van der Waals surface area contributed by atoms with Crippen LogP contribution in [0.2, 0.25) is 0 Å². The standard InChI is InChI=1S/C22H25N3OS/c1-14-9-11-18(12-10-14)22-25-16(3)20(27-22)15(2)24-21(26)19(23)13-17-7-5-4-6-8-17/h4-12,15,19H,13,23H2,1-3H3,(H,24,26)/t15?,19-/m0/s1. The Hall–Kier alpha value is -2.50. The van der Waals surface area contributed by atoms with E-state index >= 15 is 0 Å². The van der Waals surface area contributed by atoms with Crippen LogP contribution in [0, 0.1) is 13.8 Å². The number of rotatable bonds is 6. The van der Waals surface area contributed by atoms with Gasteiger partial charge in [0.05, 0.1) is 22.7 Å². The minimum atomic E-state index is -0.570. The van der Waals surface area contributed by atoms with E-state index in [4.69, 9.17) is 5.73 Å². The molecule has 0 fully saturated rings. The van der Waals surface area contributed by atoms with Crippen molar-refractivity contribution in [2.24, 2.45) is 5.73 Å². The predicted octanol–water partition coefficient (Wildman–Crippen LogP) is 4.17. The Bertz CT molecular complexity index is 903. The van der Waals surface area contributed by atoms with Gasteiger partial charge in [0.1, 0.15) is 5.01 Å². The maximum atomic E-state index is 12.5. The van der Waals surface area contributed by atoms with E-state index in [9.17, 15) is 4.79 Å². The highest BCUT2D eigenvalue weighted by atomic mass is 32.1. The number of carbonyl (C=O) groups is 1. The van der Waals surface area contributed by atoms with E-state index in [-0.39, 0.29) is 11.9 Å². The number of nitrogens with two attached hydrogens (primary N) is 1. The van der Waals surface area contributed by atoms with Crippen LogP contribution in [0.3, 0.4) is 0 Å². The third kappa shape index (κ3) is 4.81. The SMILES string of the molecule is Cc1ccc(-c2nc(C)c(C(C)NC(=O)[C@@H](N)Cc3ccccc3)s2)cc1. The van der Waals surface area contributed by atoms with Crippen molar-refractivity contribution >= 4 is 17.2 Å². The lowest BCUT2D eigenvalue weighted by Crippen LogP contribution is -2.42. The smallest absolute Gasteiger partial charge is 0.237 e. The van der Waals surface area contributed by atoms with Crippen LogP contribution in [0.5, 0.6) is 0 Å². The number of hydrogen-bond acceptors (Lipinski definition) is 4. The quantitative estimate of drug-likeness (QED) is 0.675. The van der Waals surface area contributed by atoms with Gasteiger partial charge in [-0.15, -0.1) is 11.3 Å². The highest BCUT2D eigenvalue weighted by Gasteiger charge is 2.20. The molecule has 0 aliphatic heterocycles. The van der Waals surface area contributed by atoms with Crippen molar-refractivity contribution in [2.45, 2.75) is 39.3 Å². The van der Waals surface area contributed by atoms with Crippen molar-refractivity contribution in [3.8, 4) is 10.6 Å². The maximum absolute atomic E-state index is 12.5. The predicted molar refractivity (Wildman–Crippen MR) is 112 cm³/mol. The molecule has 1 amide bonds. The molecule has 1 aromatic heterocycles. The molecule has 3 rings (SSSR count). The fourth-order valence-corrected chi connectivity index (χ4v) is 4.05. The highest BCUT2D eigenvalue weighted by molar-refractivity contribution is 7.15. The molecule has 3 aromatic rings. The fourth-order valence-electron chi connectivity index (χ4n) is 2.98. The molecule has 0 aliphatic carbocycles. The van der Waals surface area contributed by atoms with Gasteiger partial charge in [-0.05, 0) is 32.8 Å². The summed E-state index contributed by atoms with van der Waals surface area (Å²) >= 11 is 1.62. The van der Waals surface area contributed by atoms with Crippen molar-refractivity contribution in [1.29, 1.82) is 0 Å². The molecule has 140 valence electrons. The van der Waals surface area contributed by atoms with Crippen molar-refractivity contribution < 1.29 is 4.79 Å². The van der Waals surface area contributed by atoms with Gasteiger partial charge >= 0.3 is 0 Å². The molecule has 0 radical (unpaired) electrons. The Kier molecular flexibility index (Phi) is 6.04. The van der Waals surface area contributed by atoms with Gasteiger partial charge in [0.2, 0.25) is 5.91 Å². The molecule has 0 spiro atoms. The van der Waals surface area contributed by atoms with Gasteiger partial charge in [-0.3, -0.25) is 4.79 Å². The number of carbonyl (C=O) groups excluding carboxylic acids is 1. The molecule has 3 N–H and O–H groups in total. The third-order valence-electron chi connectivity index (χ3n) is 4.52. The van der Waals surface area contributed by atoms with E-state index in [1.165, 1.54) is 5.56 Å². The molecule has 4 nitrogen and oxygen atoms in total. The minimum absolute atomic E-state index is 0.129. The lowest BCUT2D eigenvalue weighted by molar-refractivity contribution is -0.122. The van der Waals surface area contributed by atoms with Gasteiger partial charge in [-0.1, -0.05) is 60.2 Å². The molecule has 1 unspecified atom stereocenters. The number of amides is 1. The molecule has 2 atom stereocenters. The van der Waals surface area contributed by atoms with Gasteiger partial charge in [-0.2, -0.15) is 0 Å². The first-order valence-electron chi connectivity index (χ1n) is 9.08. The first kappa shape index (κ1) is 19.3. The summed E-state index contributed by atoms with van der Waals surface area (Å²) < 4.78 is 0. The number of nitrogens with zero attached hydrogens (tertiary/aromatic N) is 1. The monoisotopic (exact) mass is 379 g/mol. The lowest BCUT2D eigenvalue weighted by atomic mass is 10.1. The second-order valence-corrected chi connectivity index (χ2v) is 7.89. The summed E-state index contributed by atoms with van der Waals surface area (Å²) in [5.41, 5.74) is 10.4. The molecular formula is C22H25N3OS. The van der Waals surface area contributed by atoms with Crippen LogP contribution in [0.4, 0.5) is 0 Å². The zero-order valence-electron chi connectivity index (χ0n) is 15.9. The number of aromatic nitrogens is 1. The second-order valence-electron chi connectivity index (χ2n) is 6.86.